The summed E-state index contributed by atoms with van der Waals surface area (Å²) in [7, 11) is 0.427. The minimum atomic E-state index is -1.15. The number of imide groups is 1. The van der Waals surface area contributed by atoms with Crippen molar-refractivity contribution < 1.29 is 29.1 Å². The molecular weight excluding hydrogens is 373 g/mol. The molecule has 4 rings (SSSR count). The lowest BCUT2D eigenvalue weighted by Crippen LogP contribution is -2.45. The number of aromatic hydroxyl groups is 1. The Bertz CT molecular complexity index is 838. The standard InChI is InChI=1S/C21H26BNO6/c1-3-8-23-20(25)16-9-13(11-28-2)19-15(18(16)21(23)26)10-17(29-22(19)27)12-4-6-14(24)7-5-12/h4-7,15-18,24,27H,3,8-11H2,1-2H3/t15-,16-,17-,18+/m0/s1. The molecule has 0 bridgehead atoms. The highest BCUT2D eigenvalue weighted by atomic mass is 16.5. The Kier molecular flexibility index (Phi) is 5.51. The van der Waals surface area contributed by atoms with Crippen molar-refractivity contribution in [2.45, 2.75) is 32.3 Å². The molecule has 1 aliphatic carbocycles. The number of likely N-dealkylation sites (tertiary alicyclic amines) is 1. The van der Waals surface area contributed by atoms with E-state index in [4.69, 9.17) is 9.39 Å². The number of hydrogen-bond acceptors (Lipinski definition) is 6. The first kappa shape index (κ1) is 20.1. The molecule has 7 nitrogen and oxygen atoms in total. The lowest BCUT2D eigenvalue weighted by molar-refractivity contribution is -0.140. The van der Waals surface area contributed by atoms with E-state index in [0.717, 1.165) is 11.1 Å². The maximum atomic E-state index is 13.1. The lowest BCUT2D eigenvalue weighted by atomic mass is 9.55. The summed E-state index contributed by atoms with van der Waals surface area (Å²) in [5.41, 5.74) is 2.37. The molecule has 4 atom stereocenters. The third-order valence-electron chi connectivity index (χ3n) is 6.33. The molecule has 2 aliphatic heterocycles. The Labute approximate surface area is 170 Å². The number of methoxy groups -OCH3 is 1. The highest BCUT2D eigenvalue weighted by molar-refractivity contribution is 6.53. The number of phenols is 1. The fourth-order valence-corrected chi connectivity index (χ4v) is 5.13. The van der Waals surface area contributed by atoms with E-state index >= 15 is 0 Å². The molecule has 2 amide bonds. The van der Waals surface area contributed by atoms with Gasteiger partial charge in [0.2, 0.25) is 11.8 Å². The summed E-state index contributed by atoms with van der Waals surface area (Å²) in [6.45, 7) is 2.67. The number of carbonyl (C=O) groups is 2. The third-order valence-corrected chi connectivity index (χ3v) is 6.33. The number of fused-ring (bicyclic) bond motifs is 3. The van der Waals surface area contributed by atoms with Gasteiger partial charge in [-0.3, -0.25) is 14.5 Å². The highest BCUT2D eigenvalue weighted by Gasteiger charge is 2.57. The number of carbonyl (C=O) groups excluding carboxylic acids is 2. The Morgan fingerprint density at radius 3 is 2.59 bits per heavy atom. The quantitative estimate of drug-likeness (QED) is 0.580. The molecule has 154 valence electrons. The fourth-order valence-electron chi connectivity index (χ4n) is 5.13. The minimum Gasteiger partial charge on any atom is -0.508 e. The third kappa shape index (κ3) is 3.39. The molecule has 0 radical (unpaired) electrons. The van der Waals surface area contributed by atoms with Crippen LogP contribution in [0.4, 0.5) is 0 Å². The van der Waals surface area contributed by atoms with E-state index in [1.54, 1.807) is 31.4 Å². The lowest BCUT2D eigenvalue weighted by Gasteiger charge is -2.42. The summed E-state index contributed by atoms with van der Waals surface area (Å²) in [6, 6.07) is 6.65. The van der Waals surface area contributed by atoms with Crippen LogP contribution in [-0.4, -0.2) is 54.2 Å². The van der Waals surface area contributed by atoms with Crippen LogP contribution in [0.3, 0.4) is 0 Å². The van der Waals surface area contributed by atoms with E-state index in [2.05, 4.69) is 0 Å². The highest BCUT2D eigenvalue weighted by Crippen LogP contribution is 2.51. The monoisotopic (exact) mass is 399 g/mol. The molecule has 0 spiro atoms. The van der Waals surface area contributed by atoms with Gasteiger partial charge in [0, 0.05) is 13.7 Å². The van der Waals surface area contributed by atoms with Crippen molar-refractivity contribution >= 4 is 18.9 Å². The molecular formula is C21H26BNO6. The second kappa shape index (κ2) is 7.93. The number of rotatable bonds is 5. The average Bonchev–Trinajstić information content (AvgIpc) is 2.93. The van der Waals surface area contributed by atoms with E-state index in [1.807, 2.05) is 6.92 Å². The summed E-state index contributed by atoms with van der Waals surface area (Å²) < 4.78 is 11.2. The molecule has 2 heterocycles. The van der Waals surface area contributed by atoms with Crippen molar-refractivity contribution in [2.75, 3.05) is 20.3 Å². The average molecular weight is 399 g/mol. The van der Waals surface area contributed by atoms with Crippen LogP contribution < -0.4 is 0 Å². The van der Waals surface area contributed by atoms with E-state index in [-0.39, 0.29) is 23.5 Å². The minimum absolute atomic E-state index is 0.114. The van der Waals surface area contributed by atoms with Crippen LogP contribution in [0, 0.1) is 17.8 Å². The maximum absolute atomic E-state index is 13.1. The zero-order valence-corrected chi connectivity index (χ0v) is 16.7. The Morgan fingerprint density at radius 2 is 1.93 bits per heavy atom. The Balaban J connectivity index is 1.72. The molecule has 3 aliphatic rings. The topological polar surface area (TPSA) is 96.3 Å². The smallest absolute Gasteiger partial charge is 0.487 e. The second-order valence-corrected chi connectivity index (χ2v) is 8.07. The van der Waals surface area contributed by atoms with Crippen LogP contribution in [0.5, 0.6) is 5.75 Å². The number of amides is 2. The molecule has 1 aromatic carbocycles. The van der Waals surface area contributed by atoms with Crippen LogP contribution >= 0.6 is 0 Å². The molecule has 0 saturated carbocycles. The van der Waals surface area contributed by atoms with Crippen LogP contribution in [0.25, 0.3) is 0 Å². The van der Waals surface area contributed by atoms with Crippen molar-refractivity contribution in [2.24, 2.45) is 17.8 Å². The van der Waals surface area contributed by atoms with Gasteiger partial charge in [0.1, 0.15) is 5.75 Å². The zero-order chi connectivity index (χ0) is 20.7. The summed E-state index contributed by atoms with van der Waals surface area (Å²) in [6.07, 6.45) is 1.20. The van der Waals surface area contributed by atoms with Crippen LogP contribution in [-0.2, 0) is 19.0 Å². The van der Waals surface area contributed by atoms with Gasteiger partial charge < -0.3 is 19.5 Å². The van der Waals surface area contributed by atoms with Crippen molar-refractivity contribution in [1.82, 2.24) is 4.90 Å². The SMILES string of the molecule is CCCN1C(=O)[C@H]2[C@H](CC(COC)=C3B(O)O[C@H](c4ccc(O)cc4)C[C@H]32)C1=O. The number of ether oxygens (including phenoxy) is 1. The summed E-state index contributed by atoms with van der Waals surface area (Å²) in [5.74, 6) is -1.25. The van der Waals surface area contributed by atoms with Gasteiger partial charge in [0.25, 0.3) is 0 Å². The van der Waals surface area contributed by atoms with Crippen LogP contribution in [0.1, 0.15) is 37.9 Å². The fraction of sp³-hybridized carbons (Fsp3) is 0.524. The maximum Gasteiger partial charge on any atom is 0.487 e. The van der Waals surface area contributed by atoms with Crippen LogP contribution in [0.2, 0.25) is 0 Å². The van der Waals surface area contributed by atoms with Gasteiger partial charge in [0.05, 0.1) is 24.5 Å². The van der Waals surface area contributed by atoms with Gasteiger partial charge in [-0.1, -0.05) is 19.1 Å². The number of allylic oxidation sites excluding steroid dienone is 1. The van der Waals surface area contributed by atoms with E-state index in [1.165, 1.54) is 4.90 Å². The normalized spacial score (nSPS) is 29.3. The number of hydrogen-bond donors (Lipinski definition) is 2. The van der Waals surface area contributed by atoms with E-state index in [0.29, 0.717) is 37.9 Å². The first-order valence-corrected chi connectivity index (χ1v) is 10.1. The predicted octanol–water partition coefficient (Wildman–Crippen LogP) is 1.85. The molecule has 29 heavy (non-hydrogen) atoms. The molecule has 1 aromatic rings. The zero-order valence-electron chi connectivity index (χ0n) is 16.7. The van der Waals surface area contributed by atoms with Gasteiger partial charge in [-0.25, -0.2) is 0 Å². The summed E-state index contributed by atoms with van der Waals surface area (Å²) in [4.78, 5) is 27.5. The molecule has 8 heteroatoms. The first-order valence-electron chi connectivity index (χ1n) is 10.1. The van der Waals surface area contributed by atoms with Gasteiger partial charge in [0.15, 0.2) is 0 Å². The van der Waals surface area contributed by atoms with E-state index < -0.39 is 25.1 Å². The first-order chi connectivity index (χ1) is 14.0. The number of benzene rings is 1. The van der Waals surface area contributed by atoms with Crippen molar-refractivity contribution in [3.05, 3.63) is 40.9 Å². The van der Waals surface area contributed by atoms with E-state index in [9.17, 15) is 19.7 Å². The molecule has 0 unspecified atom stereocenters. The number of nitrogens with zero attached hydrogens (tertiary/aromatic N) is 1. The predicted molar refractivity (Wildman–Crippen MR) is 106 cm³/mol. The number of phenolic OH excluding ortho intramolecular Hbond substituents is 1. The van der Waals surface area contributed by atoms with Gasteiger partial charge in [-0.2, -0.15) is 0 Å². The largest absolute Gasteiger partial charge is 0.508 e. The van der Waals surface area contributed by atoms with Crippen molar-refractivity contribution in [1.29, 1.82) is 0 Å². The second-order valence-electron chi connectivity index (χ2n) is 8.07. The van der Waals surface area contributed by atoms with Crippen LogP contribution in [0.15, 0.2) is 35.3 Å². The van der Waals surface area contributed by atoms with Gasteiger partial charge >= 0.3 is 7.12 Å². The Hall–Kier alpha value is -2.16. The molecule has 2 saturated heterocycles. The molecule has 2 N–H and O–H groups in total. The summed E-state index contributed by atoms with van der Waals surface area (Å²) in [5, 5.41) is 20.4. The Morgan fingerprint density at radius 1 is 1.21 bits per heavy atom. The molecule has 2 fully saturated rings. The van der Waals surface area contributed by atoms with Gasteiger partial charge in [-0.15, -0.1) is 0 Å². The summed E-state index contributed by atoms with van der Waals surface area (Å²) >= 11 is 0. The van der Waals surface area contributed by atoms with Gasteiger partial charge in [-0.05, 0) is 53.9 Å². The van der Waals surface area contributed by atoms with Crippen molar-refractivity contribution in [3.8, 4) is 5.75 Å². The molecule has 0 aromatic heterocycles. The van der Waals surface area contributed by atoms with Crippen molar-refractivity contribution in [3.63, 3.8) is 0 Å².